The van der Waals surface area contributed by atoms with E-state index in [0.717, 1.165) is 12.1 Å². The second kappa shape index (κ2) is 4.91. The number of carbonyl (C=O) groups excluding carboxylic acids is 1. The number of benzene rings is 1. The number of hydrogen-bond donors (Lipinski definition) is 2. The summed E-state index contributed by atoms with van der Waals surface area (Å²) in [7, 11) is 0. The van der Waals surface area contributed by atoms with Crippen molar-refractivity contribution in [2.75, 3.05) is 5.32 Å². The molecule has 4 nitrogen and oxygen atoms in total. The highest BCUT2D eigenvalue weighted by Crippen LogP contribution is 2.24. The van der Waals surface area contributed by atoms with E-state index in [9.17, 15) is 13.6 Å². The third-order valence-electron chi connectivity index (χ3n) is 2.06. The van der Waals surface area contributed by atoms with Gasteiger partial charge in [0.25, 0.3) is 5.91 Å². The third kappa shape index (κ3) is 2.44. The summed E-state index contributed by atoms with van der Waals surface area (Å²) >= 11 is 11.3. The molecule has 0 radical (unpaired) electrons. The Balaban J connectivity index is 2.24. The first-order chi connectivity index (χ1) is 8.49. The lowest BCUT2D eigenvalue weighted by atomic mass is 10.3. The molecule has 0 saturated carbocycles. The van der Waals surface area contributed by atoms with Crippen LogP contribution < -0.4 is 5.32 Å². The Morgan fingerprint density at radius 3 is 2.61 bits per heavy atom. The molecule has 1 aromatic heterocycles. The summed E-state index contributed by atoms with van der Waals surface area (Å²) in [6, 6.07) is 2.75. The van der Waals surface area contributed by atoms with Crippen LogP contribution in [0.5, 0.6) is 0 Å². The second-order valence-electron chi connectivity index (χ2n) is 3.28. The fourth-order valence-corrected chi connectivity index (χ4v) is 1.53. The molecule has 2 aromatic rings. The molecule has 1 heterocycles. The number of hydrogen-bond acceptors (Lipinski definition) is 2. The van der Waals surface area contributed by atoms with E-state index in [-0.39, 0.29) is 21.6 Å². The molecule has 8 heteroatoms. The molecule has 94 valence electrons. The Hall–Kier alpha value is -1.66. The normalized spacial score (nSPS) is 10.4. The summed E-state index contributed by atoms with van der Waals surface area (Å²) < 4.78 is 26.0. The summed E-state index contributed by atoms with van der Waals surface area (Å²) in [6.07, 6.45) is 0. The number of nitrogens with one attached hydrogen (secondary N) is 2. The molecule has 1 aromatic carbocycles. The number of rotatable bonds is 2. The number of nitrogens with zero attached hydrogens (tertiary/aromatic N) is 1. The van der Waals surface area contributed by atoms with Crippen LogP contribution in [0, 0.1) is 11.6 Å². The molecule has 0 aliphatic carbocycles. The van der Waals surface area contributed by atoms with Gasteiger partial charge in [-0.3, -0.25) is 9.89 Å². The molecular weight excluding hydrogens is 287 g/mol. The molecule has 18 heavy (non-hydrogen) atoms. The van der Waals surface area contributed by atoms with Crippen LogP contribution in [-0.2, 0) is 0 Å². The zero-order chi connectivity index (χ0) is 13.3. The summed E-state index contributed by atoms with van der Waals surface area (Å²) in [5.41, 5.74) is -0.359. The quantitative estimate of drug-likeness (QED) is 0.892. The van der Waals surface area contributed by atoms with Crippen molar-refractivity contribution in [2.45, 2.75) is 0 Å². The van der Waals surface area contributed by atoms with Crippen molar-refractivity contribution in [3.05, 3.63) is 45.7 Å². The van der Waals surface area contributed by atoms with Crippen LogP contribution in [0.25, 0.3) is 0 Å². The lowest BCUT2D eigenvalue weighted by molar-refractivity contribution is 0.102. The van der Waals surface area contributed by atoms with E-state index in [2.05, 4.69) is 15.5 Å². The predicted octanol–water partition coefficient (Wildman–Crippen LogP) is 3.25. The fourth-order valence-electron chi connectivity index (χ4n) is 1.23. The van der Waals surface area contributed by atoms with Gasteiger partial charge in [0.15, 0.2) is 5.69 Å². The van der Waals surface area contributed by atoms with Gasteiger partial charge in [-0.1, -0.05) is 23.2 Å². The van der Waals surface area contributed by atoms with Crippen molar-refractivity contribution in [1.29, 1.82) is 0 Å². The van der Waals surface area contributed by atoms with Gasteiger partial charge in [-0.25, -0.2) is 8.78 Å². The van der Waals surface area contributed by atoms with Crippen molar-refractivity contribution in [1.82, 2.24) is 10.2 Å². The second-order valence-corrected chi connectivity index (χ2v) is 4.03. The van der Waals surface area contributed by atoms with Crippen LogP contribution in [0.15, 0.2) is 18.2 Å². The summed E-state index contributed by atoms with van der Waals surface area (Å²) in [5.74, 6) is -2.40. The molecule has 0 atom stereocenters. The number of aromatic nitrogens is 2. The van der Waals surface area contributed by atoms with Gasteiger partial charge >= 0.3 is 0 Å². The van der Waals surface area contributed by atoms with Gasteiger partial charge in [0.2, 0.25) is 0 Å². The van der Waals surface area contributed by atoms with Crippen LogP contribution in [0.3, 0.4) is 0 Å². The maximum Gasteiger partial charge on any atom is 0.277 e. The van der Waals surface area contributed by atoms with Gasteiger partial charge in [-0.05, 0) is 12.1 Å². The zero-order valence-corrected chi connectivity index (χ0v) is 10.1. The molecule has 0 aliphatic heterocycles. The predicted molar refractivity (Wildman–Crippen MR) is 62.9 cm³/mol. The average molecular weight is 292 g/mol. The van der Waals surface area contributed by atoms with Gasteiger partial charge in [0.1, 0.15) is 21.8 Å². The first kappa shape index (κ1) is 12.8. The minimum Gasteiger partial charge on any atom is -0.318 e. The lowest BCUT2D eigenvalue weighted by Crippen LogP contribution is -2.14. The third-order valence-corrected chi connectivity index (χ3v) is 2.80. The highest BCUT2D eigenvalue weighted by atomic mass is 35.5. The zero-order valence-electron chi connectivity index (χ0n) is 8.60. The van der Waals surface area contributed by atoms with E-state index in [4.69, 9.17) is 23.2 Å². The van der Waals surface area contributed by atoms with Crippen LogP contribution in [-0.4, -0.2) is 16.1 Å². The molecule has 0 bridgehead atoms. The average Bonchev–Trinajstić information content (AvgIpc) is 2.64. The fraction of sp³-hybridized carbons (Fsp3) is 0. The molecule has 2 rings (SSSR count). The Kier molecular flexibility index (Phi) is 3.49. The van der Waals surface area contributed by atoms with Gasteiger partial charge in [0.05, 0.1) is 5.69 Å². The molecule has 0 fully saturated rings. The highest BCUT2D eigenvalue weighted by molar-refractivity contribution is 6.43. The van der Waals surface area contributed by atoms with Gasteiger partial charge in [-0.15, -0.1) is 0 Å². The Morgan fingerprint density at radius 1 is 1.33 bits per heavy atom. The first-order valence-electron chi connectivity index (χ1n) is 4.65. The van der Waals surface area contributed by atoms with Gasteiger partial charge < -0.3 is 5.32 Å². The summed E-state index contributed by atoms with van der Waals surface area (Å²) in [5, 5.41) is 7.99. The van der Waals surface area contributed by atoms with Crippen molar-refractivity contribution in [2.24, 2.45) is 0 Å². The number of anilines is 1. The molecule has 0 spiro atoms. The summed E-state index contributed by atoms with van der Waals surface area (Å²) in [6.45, 7) is 0. The molecule has 0 unspecified atom stereocenters. The molecule has 2 N–H and O–H groups in total. The number of aromatic amines is 1. The topological polar surface area (TPSA) is 57.8 Å². The van der Waals surface area contributed by atoms with E-state index >= 15 is 0 Å². The smallest absolute Gasteiger partial charge is 0.277 e. The lowest BCUT2D eigenvalue weighted by Gasteiger charge is -2.04. The first-order valence-corrected chi connectivity index (χ1v) is 5.40. The summed E-state index contributed by atoms with van der Waals surface area (Å²) in [4.78, 5) is 11.7. The van der Waals surface area contributed by atoms with Crippen LogP contribution in [0.4, 0.5) is 14.5 Å². The molecule has 0 aliphatic rings. The molecule has 0 saturated heterocycles. The molecule has 1 amide bonds. The van der Waals surface area contributed by atoms with Crippen molar-refractivity contribution < 1.29 is 13.6 Å². The van der Waals surface area contributed by atoms with Crippen molar-refractivity contribution in [3.63, 3.8) is 0 Å². The maximum atomic E-state index is 13.3. The molecular formula is C10H5Cl2F2N3O. The Labute approximate surface area is 110 Å². The van der Waals surface area contributed by atoms with E-state index in [1.54, 1.807) is 0 Å². The van der Waals surface area contributed by atoms with E-state index in [0.29, 0.717) is 6.07 Å². The monoisotopic (exact) mass is 291 g/mol. The van der Waals surface area contributed by atoms with Crippen molar-refractivity contribution >= 4 is 34.8 Å². The van der Waals surface area contributed by atoms with E-state index in [1.807, 2.05) is 0 Å². The van der Waals surface area contributed by atoms with Crippen LogP contribution >= 0.6 is 23.2 Å². The largest absolute Gasteiger partial charge is 0.318 e. The van der Waals surface area contributed by atoms with E-state index < -0.39 is 17.5 Å². The maximum absolute atomic E-state index is 13.3. The Bertz CT molecular complexity index is 615. The highest BCUT2D eigenvalue weighted by Gasteiger charge is 2.18. The SMILES string of the molecule is O=C(Nc1ccc(F)cc1F)c1n[nH]c(Cl)c1Cl. The van der Waals surface area contributed by atoms with Gasteiger partial charge in [0, 0.05) is 6.07 Å². The minimum absolute atomic E-state index is 0.00129. The standard InChI is InChI=1S/C10H5Cl2F2N3O/c11-7-8(16-17-9(7)12)10(18)15-6-2-1-4(13)3-5(6)14/h1-3H,(H,15,18)(H,16,17). The van der Waals surface area contributed by atoms with Crippen LogP contribution in [0.2, 0.25) is 10.2 Å². The Morgan fingerprint density at radius 2 is 2.06 bits per heavy atom. The minimum atomic E-state index is -0.902. The van der Waals surface area contributed by atoms with Crippen molar-refractivity contribution in [3.8, 4) is 0 Å². The number of carbonyl (C=O) groups is 1. The number of amides is 1. The number of H-pyrrole nitrogens is 1. The van der Waals surface area contributed by atoms with Crippen LogP contribution in [0.1, 0.15) is 10.5 Å². The van der Waals surface area contributed by atoms with Gasteiger partial charge in [-0.2, -0.15) is 5.10 Å². The number of halogens is 4. The van der Waals surface area contributed by atoms with E-state index in [1.165, 1.54) is 0 Å².